The van der Waals surface area contributed by atoms with Crippen LogP contribution in [0, 0.1) is 0 Å². The van der Waals surface area contributed by atoms with Gasteiger partial charge in [-0.3, -0.25) is 0 Å². The maximum Gasteiger partial charge on any atom is 0.355 e. The van der Waals surface area contributed by atoms with Gasteiger partial charge < -0.3 is 23.6 Å². The van der Waals surface area contributed by atoms with Crippen LogP contribution in [0.5, 0.6) is 11.5 Å². The lowest BCUT2D eigenvalue weighted by Crippen LogP contribution is -2.06. The summed E-state index contributed by atoms with van der Waals surface area (Å²) in [5, 5.41) is 1.75. The summed E-state index contributed by atoms with van der Waals surface area (Å²) in [6, 6.07) is 21.4. The van der Waals surface area contributed by atoms with Gasteiger partial charge in [-0.15, -0.1) is 0 Å². The number of aromatic amines is 1. The zero-order chi connectivity index (χ0) is 21.7. The van der Waals surface area contributed by atoms with E-state index in [0.717, 1.165) is 33.0 Å². The van der Waals surface area contributed by atoms with Crippen molar-refractivity contribution in [2.75, 3.05) is 13.4 Å². The molecule has 1 aliphatic rings. The predicted octanol–water partition coefficient (Wildman–Crippen LogP) is 6.15. The first-order valence-electron chi connectivity index (χ1n) is 10.4. The lowest BCUT2D eigenvalue weighted by Gasteiger charge is -2.07. The number of carbonyl (C=O) groups excluding carboxylic acids is 1. The molecule has 158 valence electrons. The summed E-state index contributed by atoms with van der Waals surface area (Å²) in [4.78, 5) is 16.2. The Bertz CT molecular complexity index is 1480. The Balaban J connectivity index is 1.74. The van der Waals surface area contributed by atoms with Gasteiger partial charge in [0.1, 0.15) is 17.0 Å². The van der Waals surface area contributed by atoms with Crippen molar-refractivity contribution in [2.24, 2.45) is 0 Å². The van der Waals surface area contributed by atoms with Crippen LogP contribution in [0.4, 0.5) is 0 Å². The van der Waals surface area contributed by atoms with Gasteiger partial charge in [-0.1, -0.05) is 48.5 Å². The molecular weight excluding hydrogens is 406 g/mol. The van der Waals surface area contributed by atoms with E-state index in [4.69, 9.17) is 18.6 Å². The highest BCUT2D eigenvalue weighted by molar-refractivity contribution is 6.15. The van der Waals surface area contributed by atoms with Gasteiger partial charge in [0.05, 0.1) is 6.61 Å². The largest absolute Gasteiger partial charge is 0.461 e. The minimum atomic E-state index is -0.409. The van der Waals surface area contributed by atoms with E-state index < -0.39 is 5.97 Å². The molecule has 0 radical (unpaired) electrons. The normalized spacial score (nSPS) is 12.5. The van der Waals surface area contributed by atoms with Crippen LogP contribution < -0.4 is 9.47 Å². The van der Waals surface area contributed by atoms with Crippen molar-refractivity contribution in [3.63, 3.8) is 0 Å². The third kappa shape index (κ3) is 2.76. The molecule has 1 N–H and O–H groups in total. The highest BCUT2D eigenvalue weighted by Gasteiger charge is 2.28. The molecule has 5 aromatic rings. The number of para-hydroxylation sites is 1. The van der Waals surface area contributed by atoms with Crippen LogP contribution in [0.25, 0.3) is 44.3 Å². The molecule has 0 spiro atoms. The molecule has 0 fully saturated rings. The standard InChI is InChI=1S/C26H19NO5/c1-2-29-26(28)24-22(16-10-6-7-11-18(16)27-24)23-17-12-20-21(31-14-30-20)13-19(17)32-25(23)15-8-4-3-5-9-15/h3-13,27H,2,14H2,1H3. The first kappa shape index (κ1) is 18.6. The number of hydrogen-bond acceptors (Lipinski definition) is 5. The van der Waals surface area contributed by atoms with Crippen LogP contribution >= 0.6 is 0 Å². The number of fused-ring (bicyclic) bond motifs is 3. The average Bonchev–Trinajstić information content (AvgIpc) is 3.52. The van der Waals surface area contributed by atoms with Gasteiger partial charge in [0.25, 0.3) is 0 Å². The van der Waals surface area contributed by atoms with E-state index in [1.165, 1.54) is 0 Å². The lowest BCUT2D eigenvalue weighted by molar-refractivity contribution is 0.0521. The van der Waals surface area contributed by atoms with E-state index in [0.29, 0.717) is 28.5 Å². The Morgan fingerprint density at radius 3 is 2.50 bits per heavy atom. The molecule has 6 heteroatoms. The Morgan fingerprint density at radius 2 is 1.69 bits per heavy atom. The Labute approximate surface area is 183 Å². The smallest absolute Gasteiger partial charge is 0.355 e. The molecular formula is C26H19NO5. The summed E-state index contributed by atoms with van der Waals surface area (Å²) >= 11 is 0. The number of nitrogens with one attached hydrogen (secondary N) is 1. The molecule has 0 bridgehead atoms. The van der Waals surface area contributed by atoms with Crippen LogP contribution in [0.1, 0.15) is 17.4 Å². The van der Waals surface area contributed by atoms with E-state index >= 15 is 0 Å². The molecule has 0 saturated heterocycles. The number of esters is 1. The summed E-state index contributed by atoms with van der Waals surface area (Å²) in [6.45, 7) is 2.25. The molecule has 3 heterocycles. The zero-order valence-corrected chi connectivity index (χ0v) is 17.3. The molecule has 6 nitrogen and oxygen atoms in total. The van der Waals surface area contributed by atoms with Crippen molar-refractivity contribution < 1.29 is 23.4 Å². The summed E-state index contributed by atoms with van der Waals surface area (Å²) < 4.78 is 22.9. The number of H-pyrrole nitrogens is 1. The number of ether oxygens (including phenoxy) is 3. The third-order valence-electron chi connectivity index (χ3n) is 5.65. The summed E-state index contributed by atoms with van der Waals surface area (Å²) in [6.07, 6.45) is 0. The molecule has 2 aromatic heterocycles. The second-order valence-electron chi connectivity index (χ2n) is 7.51. The van der Waals surface area contributed by atoms with Crippen molar-refractivity contribution in [2.45, 2.75) is 6.92 Å². The Hall–Kier alpha value is -4.19. The number of furan rings is 1. The van der Waals surface area contributed by atoms with Gasteiger partial charge in [-0.2, -0.15) is 0 Å². The number of benzene rings is 3. The Kier molecular flexibility index (Phi) is 4.18. The summed E-state index contributed by atoms with van der Waals surface area (Å²) in [7, 11) is 0. The van der Waals surface area contributed by atoms with E-state index in [1.807, 2.05) is 66.7 Å². The monoisotopic (exact) mass is 425 g/mol. The quantitative estimate of drug-likeness (QED) is 0.350. The highest BCUT2D eigenvalue weighted by atomic mass is 16.7. The van der Waals surface area contributed by atoms with Gasteiger partial charge in [-0.25, -0.2) is 4.79 Å². The minimum Gasteiger partial charge on any atom is -0.461 e. The molecule has 3 aromatic carbocycles. The molecule has 0 amide bonds. The fraction of sp³-hybridized carbons (Fsp3) is 0.115. The average molecular weight is 425 g/mol. The van der Waals surface area contributed by atoms with Crippen molar-refractivity contribution in [3.8, 4) is 33.9 Å². The molecule has 6 rings (SSSR count). The van der Waals surface area contributed by atoms with Gasteiger partial charge in [-0.05, 0) is 19.1 Å². The second-order valence-corrected chi connectivity index (χ2v) is 7.51. The van der Waals surface area contributed by atoms with Gasteiger partial charge in [0.15, 0.2) is 11.5 Å². The van der Waals surface area contributed by atoms with Crippen LogP contribution in [0.3, 0.4) is 0 Å². The number of carbonyl (C=O) groups is 1. The third-order valence-corrected chi connectivity index (χ3v) is 5.65. The fourth-order valence-corrected chi connectivity index (χ4v) is 4.29. The van der Waals surface area contributed by atoms with Crippen molar-refractivity contribution >= 4 is 27.8 Å². The first-order chi connectivity index (χ1) is 15.7. The van der Waals surface area contributed by atoms with Crippen LogP contribution in [-0.2, 0) is 4.74 Å². The van der Waals surface area contributed by atoms with Crippen molar-refractivity contribution in [1.82, 2.24) is 4.98 Å². The lowest BCUT2D eigenvalue weighted by atomic mass is 9.95. The predicted molar refractivity (Wildman–Crippen MR) is 121 cm³/mol. The van der Waals surface area contributed by atoms with Crippen molar-refractivity contribution in [1.29, 1.82) is 0 Å². The molecule has 0 saturated carbocycles. The van der Waals surface area contributed by atoms with Gasteiger partial charge >= 0.3 is 5.97 Å². The molecule has 0 aliphatic carbocycles. The van der Waals surface area contributed by atoms with Crippen LogP contribution in [0.2, 0.25) is 0 Å². The van der Waals surface area contributed by atoms with Gasteiger partial charge in [0.2, 0.25) is 6.79 Å². The van der Waals surface area contributed by atoms with Crippen LogP contribution in [0.15, 0.2) is 71.1 Å². The molecule has 1 aliphatic heterocycles. The zero-order valence-electron chi connectivity index (χ0n) is 17.3. The fourth-order valence-electron chi connectivity index (χ4n) is 4.29. The van der Waals surface area contributed by atoms with E-state index in [2.05, 4.69) is 4.98 Å². The van der Waals surface area contributed by atoms with Crippen molar-refractivity contribution in [3.05, 3.63) is 72.4 Å². The summed E-state index contributed by atoms with van der Waals surface area (Å²) in [5.41, 5.74) is 4.36. The number of rotatable bonds is 4. The minimum absolute atomic E-state index is 0.171. The number of aromatic nitrogens is 1. The first-order valence-corrected chi connectivity index (χ1v) is 10.4. The molecule has 32 heavy (non-hydrogen) atoms. The van der Waals surface area contributed by atoms with E-state index in [1.54, 1.807) is 6.92 Å². The summed E-state index contributed by atoms with van der Waals surface area (Å²) in [5.74, 6) is 1.55. The molecule has 0 unspecified atom stereocenters. The molecule has 0 atom stereocenters. The van der Waals surface area contributed by atoms with Gasteiger partial charge in [0, 0.05) is 39.0 Å². The topological polar surface area (TPSA) is 73.7 Å². The van der Waals surface area contributed by atoms with E-state index in [-0.39, 0.29) is 13.4 Å². The maximum atomic E-state index is 13.0. The maximum absolute atomic E-state index is 13.0. The highest BCUT2D eigenvalue weighted by Crippen LogP contribution is 2.48. The Morgan fingerprint density at radius 1 is 0.938 bits per heavy atom. The SMILES string of the molecule is CCOC(=O)c1[nH]c2ccccc2c1-c1c(-c2ccccc2)oc2cc3c(cc12)OCO3. The van der Waals surface area contributed by atoms with E-state index in [9.17, 15) is 4.79 Å². The van der Waals surface area contributed by atoms with Crippen LogP contribution in [-0.4, -0.2) is 24.4 Å². The second kappa shape index (κ2) is 7.20. The number of hydrogen-bond donors (Lipinski definition) is 1.